The van der Waals surface area contributed by atoms with Crippen LogP contribution in [0, 0.1) is 0 Å². The van der Waals surface area contributed by atoms with E-state index in [0.717, 1.165) is 0 Å². The minimum Gasteiger partial charge on any atom is -0.370 e. The summed E-state index contributed by atoms with van der Waals surface area (Å²) in [6.45, 7) is 2.19. The van der Waals surface area contributed by atoms with Crippen molar-refractivity contribution in [1.29, 1.82) is 0 Å². The first-order chi connectivity index (χ1) is 7.43. The highest BCUT2D eigenvalue weighted by Gasteiger charge is 2.05. The van der Waals surface area contributed by atoms with Gasteiger partial charge in [-0.05, 0) is 32.1 Å². The van der Waals surface area contributed by atoms with Gasteiger partial charge in [0.05, 0.1) is 6.17 Å². The fraction of sp³-hybridized carbons (Fsp3) is 0.692. The molecule has 0 aliphatic carbocycles. The molecule has 0 aromatic rings. The molecule has 0 saturated heterocycles. The van der Waals surface area contributed by atoms with E-state index < -0.39 is 0 Å². The predicted octanol–water partition coefficient (Wildman–Crippen LogP) is 3.28. The smallest absolute Gasteiger partial charge is 0.0955 e. The Morgan fingerprint density at radius 1 is 1.00 bits per heavy atom. The van der Waals surface area contributed by atoms with Gasteiger partial charge in [0.25, 0.3) is 0 Å². The predicted molar refractivity (Wildman–Crippen MR) is 66.3 cm³/mol. The maximum atomic E-state index is 3.27. The van der Waals surface area contributed by atoms with E-state index in [9.17, 15) is 0 Å². The van der Waals surface area contributed by atoms with E-state index in [0.29, 0.717) is 6.17 Å². The quantitative estimate of drug-likeness (QED) is 0.472. The largest absolute Gasteiger partial charge is 0.370 e. The standard InChI is InChI=1S/C13H24N2/c1-2-3-4-5-6-7-8-9-10-13-14-11-12-15-13/h3-4,11-15H,2,5-10H2,1H3/b4-3+. The molecular formula is C13H24N2. The average Bonchev–Trinajstić information content (AvgIpc) is 2.75. The van der Waals surface area contributed by atoms with Crippen molar-refractivity contribution in [3.8, 4) is 0 Å². The van der Waals surface area contributed by atoms with Crippen molar-refractivity contribution in [3.63, 3.8) is 0 Å². The van der Waals surface area contributed by atoms with Crippen LogP contribution in [0.15, 0.2) is 24.6 Å². The normalized spacial score (nSPS) is 15.8. The van der Waals surface area contributed by atoms with Gasteiger partial charge in [-0.3, -0.25) is 0 Å². The minimum atomic E-state index is 0.491. The van der Waals surface area contributed by atoms with E-state index in [-0.39, 0.29) is 0 Å². The van der Waals surface area contributed by atoms with Crippen LogP contribution in [0.4, 0.5) is 0 Å². The van der Waals surface area contributed by atoms with Crippen molar-refractivity contribution in [1.82, 2.24) is 10.6 Å². The second-order valence-electron chi connectivity index (χ2n) is 4.09. The summed E-state index contributed by atoms with van der Waals surface area (Å²) < 4.78 is 0. The molecule has 0 saturated carbocycles. The summed E-state index contributed by atoms with van der Waals surface area (Å²) in [6, 6.07) is 0. The third-order valence-electron chi connectivity index (χ3n) is 2.69. The molecule has 0 bridgehead atoms. The minimum absolute atomic E-state index is 0.491. The number of unbranched alkanes of at least 4 members (excludes halogenated alkanes) is 4. The van der Waals surface area contributed by atoms with Gasteiger partial charge in [0.2, 0.25) is 0 Å². The Bertz CT molecular complexity index is 189. The first kappa shape index (κ1) is 12.2. The van der Waals surface area contributed by atoms with E-state index in [4.69, 9.17) is 0 Å². The molecular weight excluding hydrogens is 184 g/mol. The van der Waals surface area contributed by atoms with Gasteiger partial charge in [0, 0.05) is 12.4 Å². The van der Waals surface area contributed by atoms with Crippen molar-refractivity contribution in [2.45, 2.75) is 58.0 Å². The molecule has 0 aromatic heterocycles. The van der Waals surface area contributed by atoms with Crippen LogP contribution in [0.3, 0.4) is 0 Å². The molecule has 1 heterocycles. The number of nitrogens with one attached hydrogen (secondary N) is 2. The van der Waals surface area contributed by atoms with Gasteiger partial charge in [-0.25, -0.2) is 0 Å². The van der Waals surface area contributed by atoms with Crippen molar-refractivity contribution in [3.05, 3.63) is 24.6 Å². The Morgan fingerprint density at radius 3 is 2.47 bits per heavy atom. The third kappa shape index (κ3) is 6.21. The molecule has 2 nitrogen and oxygen atoms in total. The lowest BCUT2D eigenvalue weighted by Crippen LogP contribution is -2.30. The number of allylic oxidation sites excluding steroid dienone is 2. The molecule has 0 aromatic carbocycles. The number of hydrogen-bond donors (Lipinski definition) is 2. The zero-order valence-corrected chi connectivity index (χ0v) is 9.84. The molecule has 86 valence electrons. The number of rotatable bonds is 8. The van der Waals surface area contributed by atoms with Gasteiger partial charge >= 0.3 is 0 Å². The molecule has 15 heavy (non-hydrogen) atoms. The van der Waals surface area contributed by atoms with Gasteiger partial charge in [-0.2, -0.15) is 0 Å². The van der Waals surface area contributed by atoms with E-state index in [1.165, 1.54) is 44.9 Å². The van der Waals surface area contributed by atoms with Crippen LogP contribution in [0.5, 0.6) is 0 Å². The third-order valence-corrected chi connectivity index (χ3v) is 2.69. The summed E-state index contributed by atoms with van der Waals surface area (Å²) in [5, 5.41) is 6.55. The van der Waals surface area contributed by atoms with Crippen LogP contribution in [0.2, 0.25) is 0 Å². The van der Waals surface area contributed by atoms with Crippen molar-refractivity contribution in [2.75, 3.05) is 0 Å². The SMILES string of the molecule is CC/C=C/CCCCCCC1NC=CN1. The summed E-state index contributed by atoms with van der Waals surface area (Å²) >= 11 is 0. The Morgan fingerprint density at radius 2 is 1.73 bits per heavy atom. The molecule has 0 spiro atoms. The van der Waals surface area contributed by atoms with E-state index in [1.807, 2.05) is 12.4 Å². The lowest BCUT2D eigenvalue weighted by molar-refractivity contribution is 0.487. The molecule has 2 N–H and O–H groups in total. The summed E-state index contributed by atoms with van der Waals surface area (Å²) in [5.74, 6) is 0. The lowest BCUT2D eigenvalue weighted by Gasteiger charge is -2.11. The van der Waals surface area contributed by atoms with Crippen molar-refractivity contribution < 1.29 is 0 Å². The highest BCUT2D eigenvalue weighted by atomic mass is 15.1. The van der Waals surface area contributed by atoms with E-state index in [1.54, 1.807) is 0 Å². The summed E-state index contributed by atoms with van der Waals surface area (Å²) in [5.41, 5.74) is 0. The van der Waals surface area contributed by atoms with Gasteiger partial charge < -0.3 is 10.6 Å². The van der Waals surface area contributed by atoms with Crippen LogP contribution >= 0.6 is 0 Å². The maximum absolute atomic E-state index is 3.27. The Balaban J connectivity index is 1.79. The molecule has 0 radical (unpaired) electrons. The summed E-state index contributed by atoms with van der Waals surface area (Å²) in [6.07, 6.45) is 18.1. The summed E-state index contributed by atoms with van der Waals surface area (Å²) in [4.78, 5) is 0. The Hall–Kier alpha value is -0.920. The fourth-order valence-electron chi connectivity index (χ4n) is 1.79. The molecule has 0 unspecified atom stereocenters. The van der Waals surface area contributed by atoms with Crippen LogP contribution in [0.1, 0.15) is 51.9 Å². The second kappa shape index (κ2) is 8.39. The van der Waals surface area contributed by atoms with Gasteiger partial charge in [-0.1, -0.05) is 31.9 Å². The maximum Gasteiger partial charge on any atom is 0.0955 e. The average molecular weight is 208 g/mol. The van der Waals surface area contributed by atoms with Crippen LogP contribution < -0.4 is 10.6 Å². The topological polar surface area (TPSA) is 24.1 Å². The Kier molecular flexibility index (Phi) is 6.80. The van der Waals surface area contributed by atoms with Gasteiger partial charge in [0.1, 0.15) is 0 Å². The van der Waals surface area contributed by atoms with Crippen LogP contribution in [0.25, 0.3) is 0 Å². The lowest BCUT2D eigenvalue weighted by atomic mass is 10.1. The van der Waals surface area contributed by atoms with E-state index in [2.05, 4.69) is 29.7 Å². The first-order valence-corrected chi connectivity index (χ1v) is 6.25. The zero-order chi connectivity index (χ0) is 10.8. The van der Waals surface area contributed by atoms with Crippen molar-refractivity contribution >= 4 is 0 Å². The van der Waals surface area contributed by atoms with Crippen molar-refractivity contribution in [2.24, 2.45) is 0 Å². The second-order valence-corrected chi connectivity index (χ2v) is 4.09. The highest BCUT2D eigenvalue weighted by molar-refractivity contribution is 4.90. The van der Waals surface area contributed by atoms with E-state index >= 15 is 0 Å². The van der Waals surface area contributed by atoms with Gasteiger partial charge in [0.15, 0.2) is 0 Å². The molecule has 1 aliphatic rings. The monoisotopic (exact) mass is 208 g/mol. The molecule has 1 aliphatic heterocycles. The molecule has 0 atom stereocenters. The molecule has 1 rings (SSSR count). The molecule has 0 fully saturated rings. The van der Waals surface area contributed by atoms with Crippen LogP contribution in [-0.4, -0.2) is 6.17 Å². The summed E-state index contributed by atoms with van der Waals surface area (Å²) in [7, 11) is 0. The Labute approximate surface area is 93.8 Å². The van der Waals surface area contributed by atoms with Crippen LogP contribution in [-0.2, 0) is 0 Å². The van der Waals surface area contributed by atoms with Gasteiger partial charge in [-0.15, -0.1) is 0 Å². The molecule has 2 heteroatoms. The molecule has 0 amide bonds. The highest BCUT2D eigenvalue weighted by Crippen LogP contribution is 2.08. The first-order valence-electron chi connectivity index (χ1n) is 6.25. The number of hydrogen-bond acceptors (Lipinski definition) is 2. The zero-order valence-electron chi connectivity index (χ0n) is 9.84. The fourth-order valence-corrected chi connectivity index (χ4v) is 1.79.